The predicted molar refractivity (Wildman–Crippen MR) is 85.5 cm³/mol. The van der Waals surface area contributed by atoms with Crippen molar-refractivity contribution in [3.63, 3.8) is 0 Å². The summed E-state index contributed by atoms with van der Waals surface area (Å²) in [7, 11) is 0. The van der Waals surface area contributed by atoms with E-state index in [4.69, 9.17) is 0 Å². The van der Waals surface area contributed by atoms with Gasteiger partial charge in [0.05, 0.1) is 5.69 Å². The summed E-state index contributed by atoms with van der Waals surface area (Å²) in [5.41, 5.74) is 0.700. The first-order valence-electron chi connectivity index (χ1n) is 6.90. The molecule has 0 bridgehead atoms. The number of rotatable bonds is 4. The highest BCUT2D eigenvalue weighted by molar-refractivity contribution is 5.94. The lowest BCUT2D eigenvalue weighted by Gasteiger charge is -2.19. The molecule has 0 fully saturated rings. The van der Waals surface area contributed by atoms with Crippen molar-refractivity contribution in [2.75, 3.05) is 5.32 Å². The topological polar surface area (TPSA) is 103 Å². The zero-order valence-corrected chi connectivity index (χ0v) is 12.0. The van der Waals surface area contributed by atoms with Gasteiger partial charge in [-0.3, -0.25) is 4.98 Å². The molecule has 0 amide bonds. The van der Waals surface area contributed by atoms with E-state index in [0.717, 1.165) is 5.39 Å². The molecule has 6 nitrogen and oxygen atoms in total. The summed E-state index contributed by atoms with van der Waals surface area (Å²) in [6.07, 6.45) is 3.07. The largest absolute Gasteiger partial charge is 0.508 e. The standard InChI is InChI=1S/C17H14N2O4/c20-12-5-3-10-4-6-14(21)15(13(10)8-12)16(17(22)23)19-11-2-1-7-18-9-11/h1-9,16,19-21H,(H,22,23). The normalized spacial score (nSPS) is 12.0. The quantitative estimate of drug-likeness (QED) is 0.591. The average molecular weight is 310 g/mol. The van der Waals surface area contributed by atoms with Gasteiger partial charge in [0.15, 0.2) is 6.04 Å². The summed E-state index contributed by atoms with van der Waals surface area (Å²) in [4.78, 5) is 15.7. The number of anilines is 1. The number of aromatic hydroxyl groups is 2. The van der Waals surface area contributed by atoms with E-state index in [1.165, 1.54) is 24.4 Å². The molecule has 4 N–H and O–H groups in total. The van der Waals surface area contributed by atoms with E-state index in [9.17, 15) is 20.1 Å². The molecule has 0 aliphatic rings. The number of hydrogen-bond acceptors (Lipinski definition) is 5. The molecule has 0 radical (unpaired) electrons. The predicted octanol–water partition coefficient (Wildman–Crippen LogP) is 2.88. The van der Waals surface area contributed by atoms with Crippen molar-refractivity contribution in [3.8, 4) is 11.5 Å². The summed E-state index contributed by atoms with van der Waals surface area (Å²) in [5.74, 6) is -1.32. The van der Waals surface area contributed by atoms with Crippen LogP contribution in [0.25, 0.3) is 10.8 Å². The van der Waals surface area contributed by atoms with Crippen LogP contribution in [0.5, 0.6) is 11.5 Å². The number of aromatic nitrogens is 1. The highest BCUT2D eigenvalue weighted by atomic mass is 16.4. The number of phenols is 2. The Labute approximate surface area is 131 Å². The van der Waals surface area contributed by atoms with E-state index in [1.807, 2.05) is 0 Å². The molecular formula is C17H14N2O4. The van der Waals surface area contributed by atoms with Crippen LogP contribution < -0.4 is 5.32 Å². The highest BCUT2D eigenvalue weighted by Gasteiger charge is 2.25. The average Bonchev–Trinajstić information content (AvgIpc) is 2.54. The Morgan fingerprint density at radius 3 is 2.61 bits per heavy atom. The van der Waals surface area contributed by atoms with Gasteiger partial charge in [0.25, 0.3) is 0 Å². The minimum absolute atomic E-state index is 0.00475. The van der Waals surface area contributed by atoms with Gasteiger partial charge in [-0.15, -0.1) is 0 Å². The minimum Gasteiger partial charge on any atom is -0.508 e. The van der Waals surface area contributed by atoms with Crippen LogP contribution in [0.15, 0.2) is 54.9 Å². The van der Waals surface area contributed by atoms with Gasteiger partial charge in [-0.25, -0.2) is 4.79 Å². The second kappa shape index (κ2) is 5.84. The first-order chi connectivity index (χ1) is 11.1. The fraction of sp³-hybridized carbons (Fsp3) is 0.0588. The van der Waals surface area contributed by atoms with Crippen LogP contribution in [0.1, 0.15) is 11.6 Å². The van der Waals surface area contributed by atoms with Crippen LogP contribution in [-0.2, 0) is 4.79 Å². The van der Waals surface area contributed by atoms with Gasteiger partial charge in [0, 0.05) is 18.0 Å². The molecule has 0 saturated carbocycles. The van der Waals surface area contributed by atoms with Crippen LogP contribution >= 0.6 is 0 Å². The Balaban J connectivity index is 2.16. The number of nitrogens with zero attached hydrogens (tertiary/aromatic N) is 1. The molecule has 23 heavy (non-hydrogen) atoms. The third-order valence-corrected chi connectivity index (χ3v) is 3.53. The number of aliphatic carboxylic acids is 1. The molecule has 1 atom stereocenters. The van der Waals surface area contributed by atoms with E-state index < -0.39 is 12.0 Å². The molecular weight excluding hydrogens is 296 g/mol. The highest BCUT2D eigenvalue weighted by Crippen LogP contribution is 2.35. The van der Waals surface area contributed by atoms with Gasteiger partial charge in [-0.1, -0.05) is 12.1 Å². The lowest BCUT2D eigenvalue weighted by molar-refractivity contribution is -0.138. The van der Waals surface area contributed by atoms with Crippen molar-refractivity contribution >= 4 is 22.4 Å². The number of hydrogen-bond donors (Lipinski definition) is 4. The number of carbonyl (C=O) groups is 1. The van der Waals surface area contributed by atoms with Gasteiger partial charge in [-0.05, 0) is 41.1 Å². The number of nitrogens with one attached hydrogen (secondary N) is 1. The second-order valence-electron chi connectivity index (χ2n) is 5.06. The maximum absolute atomic E-state index is 11.7. The number of fused-ring (bicyclic) bond motifs is 1. The lowest BCUT2D eigenvalue weighted by atomic mass is 9.97. The lowest BCUT2D eigenvalue weighted by Crippen LogP contribution is -2.21. The molecule has 2 aromatic carbocycles. The molecule has 3 aromatic rings. The third-order valence-electron chi connectivity index (χ3n) is 3.53. The smallest absolute Gasteiger partial charge is 0.330 e. The first-order valence-corrected chi connectivity index (χ1v) is 6.90. The Morgan fingerprint density at radius 1 is 1.13 bits per heavy atom. The van der Waals surface area contributed by atoms with Crippen molar-refractivity contribution < 1.29 is 20.1 Å². The SMILES string of the molecule is O=C(O)C(Nc1cccnc1)c1c(O)ccc2ccc(O)cc12. The summed E-state index contributed by atoms with van der Waals surface area (Å²) in [6, 6.07) is 9.88. The number of pyridine rings is 1. The molecule has 0 spiro atoms. The van der Waals surface area contributed by atoms with E-state index in [-0.39, 0.29) is 17.1 Å². The molecule has 0 saturated heterocycles. The Morgan fingerprint density at radius 2 is 1.91 bits per heavy atom. The number of phenolic OH excluding ortho intramolecular Hbond substituents is 2. The van der Waals surface area contributed by atoms with Gasteiger partial charge >= 0.3 is 5.97 Å². The van der Waals surface area contributed by atoms with E-state index in [1.54, 1.807) is 30.5 Å². The van der Waals surface area contributed by atoms with Crippen LogP contribution in [0.3, 0.4) is 0 Å². The molecule has 1 aromatic heterocycles. The zero-order chi connectivity index (χ0) is 16.4. The van der Waals surface area contributed by atoms with Gasteiger partial charge < -0.3 is 20.6 Å². The van der Waals surface area contributed by atoms with Crippen LogP contribution in [0.4, 0.5) is 5.69 Å². The van der Waals surface area contributed by atoms with Crippen molar-refractivity contribution in [1.29, 1.82) is 0 Å². The molecule has 1 unspecified atom stereocenters. The zero-order valence-electron chi connectivity index (χ0n) is 12.0. The molecule has 6 heteroatoms. The van der Waals surface area contributed by atoms with Crippen molar-refractivity contribution in [1.82, 2.24) is 4.98 Å². The molecule has 116 valence electrons. The summed E-state index contributed by atoms with van der Waals surface area (Å²) in [6.45, 7) is 0. The number of carboxylic acid groups (broad SMARTS) is 1. The summed E-state index contributed by atoms with van der Waals surface area (Å²) in [5, 5.41) is 33.5. The van der Waals surface area contributed by atoms with Crippen molar-refractivity contribution in [2.24, 2.45) is 0 Å². The van der Waals surface area contributed by atoms with Gasteiger partial charge in [0.1, 0.15) is 11.5 Å². The van der Waals surface area contributed by atoms with Crippen LogP contribution in [-0.4, -0.2) is 26.3 Å². The second-order valence-corrected chi connectivity index (χ2v) is 5.06. The van der Waals surface area contributed by atoms with Gasteiger partial charge in [0.2, 0.25) is 0 Å². The maximum Gasteiger partial charge on any atom is 0.330 e. The van der Waals surface area contributed by atoms with E-state index in [0.29, 0.717) is 11.1 Å². The number of benzene rings is 2. The van der Waals surface area contributed by atoms with Gasteiger partial charge in [-0.2, -0.15) is 0 Å². The number of carboxylic acids is 1. The van der Waals surface area contributed by atoms with Crippen molar-refractivity contribution in [2.45, 2.75) is 6.04 Å². The Hall–Kier alpha value is -3.28. The van der Waals surface area contributed by atoms with E-state index >= 15 is 0 Å². The molecule has 0 aliphatic heterocycles. The third kappa shape index (κ3) is 2.87. The monoisotopic (exact) mass is 310 g/mol. The summed E-state index contributed by atoms with van der Waals surface area (Å²) >= 11 is 0. The Kier molecular flexibility index (Phi) is 3.72. The van der Waals surface area contributed by atoms with Crippen LogP contribution in [0, 0.1) is 0 Å². The first kappa shape index (κ1) is 14.6. The summed E-state index contributed by atoms with van der Waals surface area (Å²) < 4.78 is 0. The molecule has 3 rings (SSSR count). The fourth-order valence-corrected chi connectivity index (χ4v) is 2.49. The Bertz CT molecular complexity index is 860. The van der Waals surface area contributed by atoms with E-state index in [2.05, 4.69) is 10.3 Å². The fourth-order valence-electron chi connectivity index (χ4n) is 2.49. The molecule has 0 aliphatic carbocycles. The minimum atomic E-state index is -1.19. The van der Waals surface area contributed by atoms with Crippen molar-refractivity contribution in [3.05, 3.63) is 60.4 Å². The van der Waals surface area contributed by atoms with Crippen LogP contribution in [0.2, 0.25) is 0 Å². The molecule has 1 heterocycles. The maximum atomic E-state index is 11.7.